The van der Waals surface area contributed by atoms with E-state index >= 15 is 0 Å². The van der Waals surface area contributed by atoms with Crippen LogP contribution in [0.3, 0.4) is 0 Å². The standard InChI is InChI=1S/C17H20ClN3OS/c18-14-3-1-4-15(11-14)21-8-6-20(7-9-21)13-17(22)19-12-16-5-2-10-23-16/h1-5,10-11H,6-9,12-13H2,(H,19,22)/p+1. The van der Waals surface area contributed by atoms with Crippen LogP contribution in [0.1, 0.15) is 4.88 Å². The number of carbonyl (C=O) groups is 1. The zero-order valence-corrected chi connectivity index (χ0v) is 14.5. The minimum Gasteiger partial charge on any atom is -0.360 e. The third kappa shape index (κ3) is 4.70. The molecule has 1 aliphatic heterocycles. The van der Waals surface area contributed by atoms with Gasteiger partial charge in [-0.25, -0.2) is 0 Å². The Morgan fingerprint density at radius 2 is 2.09 bits per heavy atom. The monoisotopic (exact) mass is 350 g/mol. The third-order valence-electron chi connectivity index (χ3n) is 4.09. The van der Waals surface area contributed by atoms with Gasteiger partial charge in [0.2, 0.25) is 0 Å². The number of hydrogen-bond acceptors (Lipinski definition) is 3. The van der Waals surface area contributed by atoms with Crippen LogP contribution in [0.25, 0.3) is 0 Å². The van der Waals surface area contributed by atoms with Crippen molar-refractivity contribution >= 4 is 34.5 Å². The number of halogens is 1. The SMILES string of the molecule is O=C(C[NH+]1CCN(c2cccc(Cl)c2)CC1)NCc1cccs1. The first-order chi connectivity index (χ1) is 11.2. The van der Waals surface area contributed by atoms with E-state index < -0.39 is 0 Å². The maximum Gasteiger partial charge on any atom is 0.275 e. The van der Waals surface area contributed by atoms with E-state index in [-0.39, 0.29) is 5.91 Å². The number of quaternary nitrogens is 1. The van der Waals surface area contributed by atoms with E-state index in [0.29, 0.717) is 13.1 Å². The fourth-order valence-corrected chi connectivity index (χ4v) is 3.65. The molecule has 0 spiro atoms. The number of benzene rings is 1. The molecule has 2 aromatic rings. The van der Waals surface area contributed by atoms with Crippen LogP contribution in [0, 0.1) is 0 Å². The van der Waals surface area contributed by atoms with Gasteiger partial charge in [0.05, 0.1) is 32.7 Å². The van der Waals surface area contributed by atoms with Crippen molar-refractivity contribution in [2.24, 2.45) is 0 Å². The lowest BCUT2D eigenvalue weighted by Crippen LogP contribution is -3.15. The molecule has 1 aliphatic rings. The van der Waals surface area contributed by atoms with Crippen molar-refractivity contribution in [1.82, 2.24) is 5.32 Å². The number of nitrogens with zero attached hydrogens (tertiary/aromatic N) is 1. The van der Waals surface area contributed by atoms with Gasteiger partial charge in [-0.15, -0.1) is 11.3 Å². The Kier molecular flexibility index (Phi) is 5.54. The summed E-state index contributed by atoms with van der Waals surface area (Å²) in [5.74, 6) is 0.129. The van der Waals surface area contributed by atoms with Crippen LogP contribution < -0.4 is 15.1 Å². The van der Waals surface area contributed by atoms with Crippen LogP contribution in [0.5, 0.6) is 0 Å². The Morgan fingerprint density at radius 3 is 2.78 bits per heavy atom. The molecule has 3 rings (SSSR count). The third-order valence-corrected chi connectivity index (χ3v) is 5.21. The summed E-state index contributed by atoms with van der Waals surface area (Å²) in [5, 5.41) is 5.80. The average Bonchev–Trinajstić information content (AvgIpc) is 3.07. The van der Waals surface area contributed by atoms with Gasteiger partial charge in [0, 0.05) is 15.6 Å². The number of carbonyl (C=O) groups excluding carboxylic acids is 1. The predicted octanol–water partition coefficient (Wildman–Crippen LogP) is 1.42. The first-order valence-corrected chi connectivity index (χ1v) is 9.09. The summed E-state index contributed by atoms with van der Waals surface area (Å²) >= 11 is 7.73. The molecule has 0 saturated carbocycles. The number of amides is 1. The molecule has 1 aromatic heterocycles. The summed E-state index contributed by atoms with van der Waals surface area (Å²) in [6.45, 7) is 5.03. The highest BCUT2D eigenvalue weighted by Crippen LogP contribution is 2.19. The fraction of sp³-hybridized carbons (Fsp3) is 0.353. The molecule has 6 heteroatoms. The second-order valence-electron chi connectivity index (χ2n) is 5.75. The highest BCUT2D eigenvalue weighted by Gasteiger charge is 2.22. The maximum atomic E-state index is 12.0. The summed E-state index contributed by atoms with van der Waals surface area (Å²) in [4.78, 5) is 16.9. The smallest absolute Gasteiger partial charge is 0.275 e. The van der Waals surface area contributed by atoms with E-state index in [4.69, 9.17) is 11.6 Å². The molecule has 2 N–H and O–H groups in total. The largest absolute Gasteiger partial charge is 0.360 e. The van der Waals surface area contributed by atoms with Gasteiger partial charge in [-0.05, 0) is 29.6 Å². The molecule has 23 heavy (non-hydrogen) atoms. The number of piperazine rings is 1. The highest BCUT2D eigenvalue weighted by molar-refractivity contribution is 7.09. The van der Waals surface area contributed by atoms with Crippen molar-refractivity contribution in [3.8, 4) is 0 Å². The van der Waals surface area contributed by atoms with Crippen molar-refractivity contribution in [2.45, 2.75) is 6.54 Å². The molecule has 0 unspecified atom stereocenters. The normalized spacial score (nSPS) is 15.6. The van der Waals surface area contributed by atoms with Gasteiger partial charge >= 0.3 is 0 Å². The molecule has 122 valence electrons. The van der Waals surface area contributed by atoms with Gasteiger partial charge < -0.3 is 15.1 Å². The Bertz CT molecular complexity index is 639. The Labute approximate surface area is 145 Å². The highest BCUT2D eigenvalue weighted by atomic mass is 35.5. The van der Waals surface area contributed by atoms with E-state index in [1.807, 2.05) is 35.7 Å². The van der Waals surface area contributed by atoms with Crippen molar-refractivity contribution in [3.63, 3.8) is 0 Å². The lowest BCUT2D eigenvalue weighted by atomic mass is 10.2. The van der Waals surface area contributed by atoms with Crippen molar-refractivity contribution in [2.75, 3.05) is 37.6 Å². The van der Waals surface area contributed by atoms with Crippen LogP contribution in [0.2, 0.25) is 5.02 Å². The molecule has 1 fully saturated rings. The minimum atomic E-state index is 0.129. The van der Waals surface area contributed by atoms with Gasteiger partial charge in [-0.3, -0.25) is 4.79 Å². The quantitative estimate of drug-likeness (QED) is 0.855. The van der Waals surface area contributed by atoms with E-state index in [2.05, 4.69) is 16.3 Å². The van der Waals surface area contributed by atoms with Crippen LogP contribution in [0.4, 0.5) is 5.69 Å². The number of nitrogens with one attached hydrogen (secondary N) is 2. The number of hydrogen-bond donors (Lipinski definition) is 2. The van der Waals surface area contributed by atoms with Gasteiger partial charge in [0.25, 0.3) is 5.91 Å². The van der Waals surface area contributed by atoms with Crippen LogP contribution >= 0.6 is 22.9 Å². The summed E-state index contributed by atoms with van der Waals surface area (Å²) in [6.07, 6.45) is 0. The van der Waals surface area contributed by atoms with Crippen molar-refractivity contribution in [3.05, 3.63) is 51.7 Å². The van der Waals surface area contributed by atoms with Gasteiger partial charge in [0.1, 0.15) is 0 Å². The van der Waals surface area contributed by atoms with Gasteiger partial charge in [-0.2, -0.15) is 0 Å². The lowest BCUT2D eigenvalue weighted by Gasteiger charge is -2.33. The Balaban J connectivity index is 1.43. The zero-order chi connectivity index (χ0) is 16.1. The summed E-state index contributed by atoms with van der Waals surface area (Å²) < 4.78 is 0. The molecule has 2 heterocycles. The molecular formula is C17H21ClN3OS+. The molecule has 0 aliphatic carbocycles. The van der Waals surface area contributed by atoms with Gasteiger partial charge in [0.15, 0.2) is 6.54 Å². The van der Waals surface area contributed by atoms with Gasteiger partial charge in [-0.1, -0.05) is 23.7 Å². The average molecular weight is 351 g/mol. The molecule has 0 atom stereocenters. The first kappa shape index (κ1) is 16.3. The van der Waals surface area contributed by atoms with Crippen LogP contribution in [0.15, 0.2) is 41.8 Å². The van der Waals surface area contributed by atoms with Crippen LogP contribution in [-0.2, 0) is 11.3 Å². The Hall–Kier alpha value is -1.56. The molecule has 0 radical (unpaired) electrons. The first-order valence-electron chi connectivity index (χ1n) is 7.84. The second kappa shape index (κ2) is 7.81. The molecule has 1 amide bonds. The molecule has 4 nitrogen and oxygen atoms in total. The summed E-state index contributed by atoms with van der Waals surface area (Å²) in [6, 6.07) is 12.0. The van der Waals surface area contributed by atoms with E-state index in [1.165, 1.54) is 15.5 Å². The molecular weight excluding hydrogens is 330 g/mol. The Morgan fingerprint density at radius 1 is 1.26 bits per heavy atom. The topological polar surface area (TPSA) is 36.8 Å². The van der Waals surface area contributed by atoms with E-state index in [0.717, 1.165) is 31.2 Å². The van der Waals surface area contributed by atoms with E-state index in [1.54, 1.807) is 11.3 Å². The number of thiophene rings is 1. The zero-order valence-electron chi connectivity index (χ0n) is 12.9. The molecule has 0 bridgehead atoms. The minimum absolute atomic E-state index is 0.129. The van der Waals surface area contributed by atoms with Crippen molar-refractivity contribution in [1.29, 1.82) is 0 Å². The van der Waals surface area contributed by atoms with Crippen molar-refractivity contribution < 1.29 is 9.69 Å². The summed E-state index contributed by atoms with van der Waals surface area (Å²) in [5.41, 5.74) is 1.17. The number of anilines is 1. The predicted molar refractivity (Wildman–Crippen MR) is 95.4 cm³/mol. The maximum absolute atomic E-state index is 12.0. The molecule has 1 saturated heterocycles. The lowest BCUT2D eigenvalue weighted by molar-refractivity contribution is -0.892. The molecule has 1 aromatic carbocycles. The fourth-order valence-electron chi connectivity index (χ4n) is 2.82. The van der Waals surface area contributed by atoms with Crippen LogP contribution in [-0.4, -0.2) is 38.6 Å². The summed E-state index contributed by atoms with van der Waals surface area (Å²) in [7, 11) is 0. The van der Waals surface area contributed by atoms with E-state index in [9.17, 15) is 4.79 Å². The number of rotatable bonds is 5. The second-order valence-corrected chi connectivity index (χ2v) is 7.22.